The molecule has 0 spiro atoms. The molecule has 0 bridgehead atoms. The van der Waals surface area contributed by atoms with Crippen molar-refractivity contribution >= 4 is 23.4 Å². The van der Waals surface area contributed by atoms with Crippen molar-refractivity contribution in [2.75, 3.05) is 31.3 Å². The Balaban J connectivity index is 1.87. The molecule has 1 aromatic carbocycles. The zero-order valence-electron chi connectivity index (χ0n) is 12.7. The van der Waals surface area contributed by atoms with E-state index in [0.717, 1.165) is 31.6 Å². The number of nitrogens with one attached hydrogen (secondary N) is 1. The lowest BCUT2D eigenvalue weighted by molar-refractivity contribution is -0.121. The van der Waals surface area contributed by atoms with Gasteiger partial charge in [-0.05, 0) is 69.3 Å². The second-order valence-electron chi connectivity index (χ2n) is 5.56. The maximum Gasteiger partial charge on any atom is 0.241 e. The van der Waals surface area contributed by atoms with Crippen molar-refractivity contribution in [1.29, 1.82) is 0 Å². The van der Waals surface area contributed by atoms with Crippen molar-refractivity contribution in [3.63, 3.8) is 0 Å². The summed E-state index contributed by atoms with van der Waals surface area (Å²) in [6.07, 6.45) is 3.97. The molecule has 4 nitrogen and oxygen atoms in total. The molecule has 0 aromatic heterocycles. The third-order valence-corrected chi connectivity index (χ3v) is 4.94. The van der Waals surface area contributed by atoms with Gasteiger partial charge >= 0.3 is 0 Å². The first-order chi connectivity index (χ1) is 10.1. The second kappa shape index (κ2) is 7.82. The van der Waals surface area contributed by atoms with Crippen molar-refractivity contribution < 1.29 is 9.90 Å². The number of rotatable bonds is 5. The van der Waals surface area contributed by atoms with Crippen LogP contribution in [0.1, 0.15) is 19.8 Å². The fourth-order valence-electron chi connectivity index (χ4n) is 2.61. The molecule has 116 valence electrons. The van der Waals surface area contributed by atoms with Crippen LogP contribution in [0.15, 0.2) is 29.2 Å². The molecule has 1 heterocycles. The van der Waals surface area contributed by atoms with E-state index in [9.17, 15) is 4.79 Å². The fraction of sp³-hybridized carbons (Fsp3) is 0.562. The molecule has 0 aliphatic carbocycles. The molecule has 0 radical (unpaired) electrons. The number of aliphatic hydroxyl groups excluding tert-OH is 1. The minimum atomic E-state index is -0.134. The minimum absolute atomic E-state index is 0.0364. The van der Waals surface area contributed by atoms with Gasteiger partial charge in [0, 0.05) is 17.2 Å². The Bertz CT molecular complexity index is 456. The number of hydrogen-bond donors (Lipinski definition) is 2. The third kappa shape index (κ3) is 4.46. The highest BCUT2D eigenvalue weighted by molar-refractivity contribution is 7.98. The van der Waals surface area contributed by atoms with Gasteiger partial charge in [-0.15, -0.1) is 11.8 Å². The predicted octanol–water partition coefficient (Wildman–Crippen LogP) is 2.44. The van der Waals surface area contributed by atoms with E-state index < -0.39 is 0 Å². The number of amides is 1. The molecule has 2 N–H and O–H groups in total. The maximum absolute atomic E-state index is 12.3. The van der Waals surface area contributed by atoms with E-state index in [2.05, 4.69) is 10.2 Å². The summed E-state index contributed by atoms with van der Waals surface area (Å²) in [4.78, 5) is 15.7. The molecule has 1 aliphatic heterocycles. The summed E-state index contributed by atoms with van der Waals surface area (Å²) in [5.41, 5.74) is 0.842. The SMILES string of the molecule is CSc1ccc(NC(=O)C(C)N2CCC(CO)CC2)cc1. The highest BCUT2D eigenvalue weighted by Crippen LogP contribution is 2.20. The number of carbonyl (C=O) groups is 1. The molecule has 2 rings (SSSR count). The van der Waals surface area contributed by atoms with Crippen molar-refractivity contribution in [1.82, 2.24) is 4.90 Å². The highest BCUT2D eigenvalue weighted by Gasteiger charge is 2.26. The van der Waals surface area contributed by atoms with Crippen LogP contribution in [0, 0.1) is 5.92 Å². The topological polar surface area (TPSA) is 52.6 Å². The van der Waals surface area contributed by atoms with Crippen LogP contribution in [-0.2, 0) is 4.79 Å². The van der Waals surface area contributed by atoms with Gasteiger partial charge in [0.1, 0.15) is 0 Å². The molecule has 1 aliphatic rings. The molecular weight excluding hydrogens is 284 g/mol. The summed E-state index contributed by atoms with van der Waals surface area (Å²) in [6, 6.07) is 7.77. The first-order valence-corrected chi connectivity index (χ1v) is 8.66. The molecule has 1 aromatic rings. The van der Waals surface area contributed by atoms with Gasteiger partial charge in [0.2, 0.25) is 5.91 Å². The van der Waals surface area contributed by atoms with Crippen molar-refractivity contribution in [2.24, 2.45) is 5.92 Å². The number of piperidine rings is 1. The standard InChI is InChI=1S/C16H24N2O2S/c1-12(18-9-7-13(11-19)8-10-18)16(20)17-14-3-5-15(21-2)6-4-14/h3-6,12-13,19H,7-11H2,1-2H3,(H,17,20). The van der Waals surface area contributed by atoms with Gasteiger partial charge in [-0.2, -0.15) is 0 Å². The molecule has 1 unspecified atom stereocenters. The van der Waals surface area contributed by atoms with Gasteiger partial charge < -0.3 is 10.4 Å². The van der Waals surface area contributed by atoms with E-state index >= 15 is 0 Å². The van der Waals surface area contributed by atoms with Crippen LogP contribution in [0.5, 0.6) is 0 Å². The Kier molecular flexibility index (Phi) is 6.08. The maximum atomic E-state index is 12.3. The molecule has 1 fully saturated rings. The molecule has 21 heavy (non-hydrogen) atoms. The summed E-state index contributed by atoms with van der Waals surface area (Å²) in [7, 11) is 0. The summed E-state index contributed by atoms with van der Waals surface area (Å²) in [5, 5.41) is 12.1. The predicted molar refractivity (Wildman–Crippen MR) is 87.7 cm³/mol. The summed E-state index contributed by atoms with van der Waals surface area (Å²) < 4.78 is 0. The van der Waals surface area contributed by atoms with Gasteiger partial charge in [-0.1, -0.05) is 0 Å². The van der Waals surface area contributed by atoms with E-state index in [4.69, 9.17) is 5.11 Å². The monoisotopic (exact) mass is 308 g/mol. The average Bonchev–Trinajstić information content (AvgIpc) is 2.55. The number of thioether (sulfide) groups is 1. The normalized spacial score (nSPS) is 18.4. The summed E-state index contributed by atoms with van der Waals surface area (Å²) >= 11 is 1.69. The smallest absolute Gasteiger partial charge is 0.241 e. The molecular formula is C16H24N2O2S. The van der Waals surface area contributed by atoms with E-state index in [1.807, 2.05) is 37.4 Å². The molecule has 1 atom stereocenters. The first-order valence-electron chi connectivity index (χ1n) is 7.44. The van der Waals surface area contributed by atoms with E-state index in [1.54, 1.807) is 11.8 Å². The van der Waals surface area contributed by atoms with Gasteiger partial charge in [-0.3, -0.25) is 9.69 Å². The van der Waals surface area contributed by atoms with Crippen molar-refractivity contribution in [3.05, 3.63) is 24.3 Å². The zero-order valence-corrected chi connectivity index (χ0v) is 13.5. The Morgan fingerprint density at radius 3 is 2.52 bits per heavy atom. The minimum Gasteiger partial charge on any atom is -0.396 e. The first kappa shape index (κ1) is 16.3. The van der Waals surface area contributed by atoms with Crippen molar-refractivity contribution in [3.8, 4) is 0 Å². The lowest BCUT2D eigenvalue weighted by Gasteiger charge is -2.34. The number of carbonyl (C=O) groups excluding carboxylic acids is 1. The Morgan fingerprint density at radius 1 is 1.38 bits per heavy atom. The number of likely N-dealkylation sites (tertiary alicyclic amines) is 1. The average molecular weight is 308 g/mol. The molecule has 1 saturated heterocycles. The van der Waals surface area contributed by atoms with E-state index in [-0.39, 0.29) is 18.6 Å². The van der Waals surface area contributed by atoms with Gasteiger partial charge in [-0.25, -0.2) is 0 Å². The van der Waals surface area contributed by atoms with Crippen LogP contribution in [0.2, 0.25) is 0 Å². The number of hydrogen-bond acceptors (Lipinski definition) is 4. The number of benzene rings is 1. The van der Waals surface area contributed by atoms with Gasteiger partial charge in [0.05, 0.1) is 6.04 Å². The largest absolute Gasteiger partial charge is 0.396 e. The van der Waals surface area contributed by atoms with Crippen LogP contribution in [0.4, 0.5) is 5.69 Å². The van der Waals surface area contributed by atoms with Gasteiger partial charge in [0.15, 0.2) is 0 Å². The number of anilines is 1. The number of aliphatic hydroxyl groups is 1. The lowest BCUT2D eigenvalue weighted by Crippen LogP contribution is -2.46. The molecule has 0 saturated carbocycles. The zero-order chi connectivity index (χ0) is 15.2. The third-order valence-electron chi connectivity index (χ3n) is 4.19. The Morgan fingerprint density at radius 2 is 2.00 bits per heavy atom. The second-order valence-corrected chi connectivity index (χ2v) is 6.44. The van der Waals surface area contributed by atoms with Crippen LogP contribution in [0.3, 0.4) is 0 Å². The molecule has 5 heteroatoms. The Hall–Kier alpha value is -1.04. The highest BCUT2D eigenvalue weighted by atomic mass is 32.2. The van der Waals surface area contributed by atoms with Crippen LogP contribution in [0.25, 0.3) is 0 Å². The van der Waals surface area contributed by atoms with E-state index in [0.29, 0.717) is 5.92 Å². The van der Waals surface area contributed by atoms with Crippen LogP contribution in [-0.4, -0.2) is 47.9 Å². The summed E-state index contributed by atoms with van der Waals surface area (Å²) in [5.74, 6) is 0.435. The quantitative estimate of drug-likeness (QED) is 0.820. The van der Waals surface area contributed by atoms with Crippen LogP contribution < -0.4 is 5.32 Å². The lowest BCUT2D eigenvalue weighted by atomic mass is 9.97. The van der Waals surface area contributed by atoms with Gasteiger partial charge in [0.25, 0.3) is 0 Å². The Labute approximate surface area is 130 Å². The fourth-order valence-corrected chi connectivity index (χ4v) is 3.02. The van der Waals surface area contributed by atoms with Crippen molar-refractivity contribution in [2.45, 2.75) is 30.7 Å². The summed E-state index contributed by atoms with van der Waals surface area (Å²) in [6.45, 7) is 3.97. The molecule has 1 amide bonds. The number of nitrogens with zero attached hydrogens (tertiary/aromatic N) is 1. The van der Waals surface area contributed by atoms with Crippen LogP contribution >= 0.6 is 11.8 Å². The van der Waals surface area contributed by atoms with E-state index in [1.165, 1.54) is 4.90 Å².